The molecule has 1 aliphatic rings. The molecule has 3 heteroatoms. The highest BCUT2D eigenvalue weighted by atomic mass is 32.1. The Labute approximate surface area is 119 Å². The fourth-order valence-corrected chi connectivity index (χ4v) is 4.42. The normalized spacial score (nSPS) is 24.9. The molecule has 2 unspecified atom stereocenters. The third-order valence-electron chi connectivity index (χ3n) is 4.40. The molecule has 0 radical (unpaired) electrons. The molecule has 3 rings (SSSR count). The summed E-state index contributed by atoms with van der Waals surface area (Å²) in [5, 5.41) is 3.78. The molecule has 2 heterocycles. The maximum Gasteiger partial charge on any atom is 0.0402 e. The summed E-state index contributed by atoms with van der Waals surface area (Å²) in [7, 11) is 0. The van der Waals surface area contributed by atoms with E-state index in [4.69, 9.17) is 5.73 Å². The highest BCUT2D eigenvalue weighted by Gasteiger charge is 2.32. The maximum absolute atomic E-state index is 6.04. The first-order valence-corrected chi connectivity index (χ1v) is 8.13. The molecule has 2 N–H and O–H groups in total. The van der Waals surface area contributed by atoms with Crippen molar-refractivity contribution in [2.24, 2.45) is 11.7 Å². The molecule has 1 aliphatic heterocycles. The third kappa shape index (κ3) is 2.31. The molecule has 102 valence electrons. The highest BCUT2D eigenvalue weighted by molar-refractivity contribution is 7.17. The lowest BCUT2D eigenvalue weighted by molar-refractivity contribution is 0.103. The zero-order chi connectivity index (χ0) is 13.2. The van der Waals surface area contributed by atoms with Crippen LogP contribution in [0.25, 0.3) is 10.1 Å². The van der Waals surface area contributed by atoms with Gasteiger partial charge in [-0.2, -0.15) is 0 Å². The van der Waals surface area contributed by atoms with Crippen LogP contribution in [0, 0.1) is 5.92 Å². The summed E-state index contributed by atoms with van der Waals surface area (Å²) in [6.07, 6.45) is 2.55. The van der Waals surface area contributed by atoms with Crippen LogP contribution in [0.1, 0.15) is 31.4 Å². The molecule has 1 fully saturated rings. The van der Waals surface area contributed by atoms with Crippen molar-refractivity contribution in [1.29, 1.82) is 0 Å². The number of hydrogen-bond donors (Lipinski definition) is 1. The Morgan fingerprint density at radius 1 is 1.37 bits per heavy atom. The minimum atomic E-state index is 0.514. The lowest BCUT2D eigenvalue weighted by atomic mass is 9.84. The molecule has 2 atom stereocenters. The molecule has 0 amide bonds. The lowest BCUT2D eigenvalue weighted by Gasteiger charge is -2.40. The van der Waals surface area contributed by atoms with E-state index in [1.165, 1.54) is 35.0 Å². The topological polar surface area (TPSA) is 29.3 Å². The second-order valence-corrected chi connectivity index (χ2v) is 6.31. The van der Waals surface area contributed by atoms with E-state index in [1.54, 1.807) is 0 Å². The first-order valence-electron chi connectivity index (χ1n) is 7.25. The van der Waals surface area contributed by atoms with E-state index < -0.39 is 0 Å². The van der Waals surface area contributed by atoms with Crippen LogP contribution in [0.5, 0.6) is 0 Å². The van der Waals surface area contributed by atoms with E-state index in [9.17, 15) is 0 Å². The molecule has 0 bridgehead atoms. The Morgan fingerprint density at radius 2 is 2.21 bits per heavy atom. The Kier molecular flexibility index (Phi) is 3.87. The Bertz CT molecular complexity index is 536. The molecule has 19 heavy (non-hydrogen) atoms. The number of nitrogens with zero attached hydrogens (tertiary/aromatic N) is 1. The van der Waals surface area contributed by atoms with Crippen molar-refractivity contribution in [3.05, 3.63) is 35.2 Å². The van der Waals surface area contributed by atoms with Crippen LogP contribution in [0.2, 0.25) is 0 Å². The predicted octanol–water partition coefficient (Wildman–Crippen LogP) is 3.63. The number of nitrogens with two attached hydrogens (primary N) is 1. The van der Waals surface area contributed by atoms with Crippen molar-refractivity contribution in [2.45, 2.75) is 25.8 Å². The van der Waals surface area contributed by atoms with E-state index in [0.29, 0.717) is 12.0 Å². The molecular weight excluding hydrogens is 252 g/mol. The van der Waals surface area contributed by atoms with Gasteiger partial charge in [-0.25, -0.2) is 0 Å². The summed E-state index contributed by atoms with van der Waals surface area (Å²) in [6, 6.07) is 9.27. The zero-order valence-corrected chi connectivity index (χ0v) is 12.3. The Balaban J connectivity index is 2.05. The Hall–Kier alpha value is -0.900. The molecule has 1 aromatic carbocycles. The van der Waals surface area contributed by atoms with E-state index in [2.05, 4.69) is 41.5 Å². The minimum absolute atomic E-state index is 0.514. The predicted molar refractivity (Wildman–Crippen MR) is 83.6 cm³/mol. The summed E-state index contributed by atoms with van der Waals surface area (Å²) in [5.74, 6) is 0.603. The van der Waals surface area contributed by atoms with Gasteiger partial charge in [-0.05, 0) is 60.8 Å². The van der Waals surface area contributed by atoms with Crippen LogP contribution in [-0.4, -0.2) is 24.5 Å². The van der Waals surface area contributed by atoms with Crippen LogP contribution in [0.15, 0.2) is 29.6 Å². The van der Waals surface area contributed by atoms with Gasteiger partial charge in [0.2, 0.25) is 0 Å². The highest BCUT2D eigenvalue weighted by Crippen LogP contribution is 2.40. The fourth-order valence-electron chi connectivity index (χ4n) is 3.43. The van der Waals surface area contributed by atoms with Crippen molar-refractivity contribution >= 4 is 21.4 Å². The largest absolute Gasteiger partial charge is 0.330 e. The van der Waals surface area contributed by atoms with Crippen molar-refractivity contribution < 1.29 is 0 Å². The molecule has 0 spiro atoms. The summed E-state index contributed by atoms with van der Waals surface area (Å²) < 4.78 is 1.40. The van der Waals surface area contributed by atoms with Gasteiger partial charge in [-0.1, -0.05) is 25.1 Å². The molecule has 1 aromatic heterocycles. The molecule has 0 saturated carbocycles. The molecule has 1 saturated heterocycles. The minimum Gasteiger partial charge on any atom is -0.330 e. The molecular formula is C16H22N2S. The monoisotopic (exact) mass is 274 g/mol. The standard InChI is InChI=1S/C16H22N2S/c1-2-18-9-5-6-12(10-17)16(18)14-11-19-15-8-4-3-7-13(14)15/h3-4,7-8,11-12,16H,2,5-6,9-10,17H2,1H3. The smallest absolute Gasteiger partial charge is 0.0402 e. The second-order valence-electron chi connectivity index (χ2n) is 5.40. The van der Waals surface area contributed by atoms with Gasteiger partial charge < -0.3 is 5.73 Å². The maximum atomic E-state index is 6.04. The van der Waals surface area contributed by atoms with Gasteiger partial charge in [-0.3, -0.25) is 4.90 Å². The van der Waals surface area contributed by atoms with Crippen LogP contribution >= 0.6 is 11.3 Å². The van der Waals surface area contributed by atoms with Gasteiger partial charge in [0.1, 0.15) is 0 Å². The summed E-state index contributed by atoms with van der Waals surface area (Å²) in [5.41, 5.74) is 7.54. The third-order valence-corrected chi connectivity index (χ3v) is 5.38. The first kappa shape index (κ1) is 13.1. The number of benzene rings is 1. The van der Waals surface area contributed by atoms with Crippen LogP contribution in [-0.2, 0) is 0 Å². The van der Waals surface area contributed by atoms with Crippen molar-refractivity contribution in [1.82, 2.24) is 4.90 Å². The number of fused-ring (bicyclic) bond motifs is 1. The van der Waals surface area contributed by atoms with Crippen molar-refractivity contribution in [3.8, 4) is 0 Å². The number of likely N-dealkylation sites (tertiary alicyclic amines) is 1. The quantitative estimate of drug-likeness (QED) is 0.926. The summed E-state index contributed by atoms with van der Waals surface area (Å²) >= 11 is 1.87. The van der Waals surface area contributed by atoms with Crippen LogP contribution in [0.3, 0.4) is 0 Å². The number of rotatable bonds is 3. The van der Waals surface area contributed by atoms with E-state index >= 15 is 0 Å². The average Bonchev–Trinajstić information content (AvgIpc) is 2.90. The SMILES string of the molecule is CCN1CCCC(CN)C1c1csc2ccccc12. The average molecular weight is 274 g/mol. The lowest BCUT2D eigenvalue weighted by Crippen LogP contribution is -2.41. The van der Waals surface area contributed by atoms with Gasteiger partial charge in [0.25, 0.3) is 0 Å². The molecule has 0 aliphatic carbocycles. The fraction of sp³-hybridized carbons (Fsp3) is 0.500. The molecule has 2 nitrogen and oxygen atoms in total. The van der Waals surface area contributed by atoms with Crippen LogP contribution < -0.4 is 5.73 Å². The first-order chi connectivity index (χ1) is 9.35. The van der Waals surface area contributed by atoms with E-state index in [0.717, 1.165) is 13.1 Å². The number of piperidine rings is 1. The van der Waals surface area contributed by atoms with Crippen LogP contribution in [0.4, 0.5) is 0 Å². The molecule has 2 aromatic rings. The summed E-state index contributed by atoms with van der Waals surface area (Å²) in [6.45, 7) is 5.39. The Morgan fingerprint density at radius 3 is 3.00 bits per heavy atom. The van der Waals surface area contributed by atoms with Crippen molar-refractivity contribution in [3.63, 3.8) is 0 Å². The van der Waals surface area contributed by atoms with Gasteiger partial charge in [0.15, 0.2) is 0 Å². The van der Waals surface area contributed by atoms with E-state index in [-0.39, 0.29) is 0 Å². The van der Waals surface area contributed by atoms with Gasteiger partial charge in [0, 0.05) is 10.7 Å². The second kappa shape index (κ2) is 5.61. The van der Waals surface area contributed by atoms with Gasteiger partial charge in [-0.15, -0.1) is 11.3 Å². The van der Waals surface area contributed by atoms with E-state index in [1.807, 2.05) is 11.3 Å². The number of thiophene rings is 1. The van der Waals surface area contributed by atoms with Gasteiger partial charge >= 0.3 is 0 Å². The summed E-state index contributed by atoms with van der Waals surface area (Å²) in [4.78, 5) is 2.61. The number of hydrogen-bond acceptors (Lipinski definition) is 3. The zero-order valence-electron chi connectivity index (χ0n) is 11.5. The van der Waals surface area contributed by atoms with Gasteiger partial charge in [0.05, 0.1) is 0 Å². The van der Waals surface area contributed by atoms with Crippen molar-refractivity contribution in [2.75, 3.05) is 19.6 Å².